The maximum Gasteiger partial charge on any atom is 0.138 e. The molecule has 0 aliphatic rings. The minimum absolute atomic E-state index is 0.382. The van der Waals surface area contributed by atoms with Crippen LogP contribution in [0.5, 0.6) is 11.5 Å². The molecule has 2 aromatic carbocycles. The van der Waals surface area contributed by atoms with Crippen molar-refractivity contribution in [2.45, 2.75) is 13.0 Å². The van der Waals surface area contributed by atoms with Crippen LogP contribution >= 0.6 is 23.2 Å². The van der Waals surface area contributed by atoms with Gasteiger partial charge in [0.15, 0.2) is 0 Å². The standard InChI is InChI=1S/C16H16Cl2O3/c1-9-4-5-14(20-2)11(6-9)16(19)10-7-13(18)15(21-3)8-12(10)17/h4-8,16,19H,1-3H3. The van der Waals surface area contributed by atoms with Gasteiger partial charge in [-0.25, -0.2) is 0 Å². The van der Waals surface area contributed by atoms with Crippen LogP contribution in [0.2, 0.25) is 10.0 Å². The Labute approximate surface area is 134 Å². The maximum absolute atomic E-state index is 10.6. The molecule has 0 aliphatic heterocycles. The molecule has 3 nitrogen and oxygen atoms in total. The van der Waals surface area contributed by atoms with Gasteiger partial charge in [0.25, 0.3) is 0 Å². The van der Waals surface area contributed by atoms with Gasteiger partial charge in [-0.05, 0) is 25.1 Å². The second-order valence-electron chi connectivity index (χ2n) is 4.66. The highest BCUT2D eigenvalue weighted by molar-refractivity contribution is 6.34. The van der Waals surface area contributed by atoms with E-state index in [4.69, 9.17) is 32.7 Å². The number of hydrogen-bond acceptors (Lipinski definition) is 3. The van der Waals surface area contributed by atoms with E-state index < -0.39 is 6.10 Å². The van der Waals surface area contributed by atoms with Gasteiger partial charge in [0.1, 0.15) is 17.6 Å². The van der Waals surface area contributed by atoms with Gasteiger partial charge >= 0.3 is 0 Å². The van der Waals surface area contributed by atoms with Crippen LogP contribution in [0.3, 0.4) is 0 Å². The molecule has 1 atom stereocenters. The highest BCUT2D eigenvalue weighted by Crippen LogP contribution is 2.38. The summed E-state index contributed by atoms with van der Waals surface area (Å²) >= 11 is 12.3. The zero-order valence-electron chi connectivity index (χ0n) is 12.0. The van der Waals surface area contributed by atoms with Crippen LogP contribution in [0.15, 0.2) is 30.3 Å². The molecule has 0 saturated carbocycles. The first-order chi connectivity index (χ1) is 9.97. The molecule has 0 fully saturated rings. The molecule has 0 spiro atoms. The minimum Gasteiger partial charge on any atom is -0.496 e. The third-order valence-electron chi connectivity index (χ3n) is 3.25. The van der Waals surface area contributed by atoms with Crippen LogP contribution < -0.4 is 9.47 Å². The Morgan fingerprint density at radius 3 is 2.19 bits per heavy atom. The highest BCUT2D eigenvalue weighted by atomic mass is 35.5. The summed E-state index contributed by atoms with van der Waals surface area (Å²) < 4.78 is 10.4. The minimum atomic E-state index is -0.934. The van der Waals surface area contributed by atoms with E-state index in [0.29, 0.717) is 32.7 Å². The van der Waals surface area contributed by atoms with E-state index in [1.807, 2.05) is 25.1 Å². The topological polar surface area (TPSA) is 38.7 Å². The van der Waals surface area contributed by atoms with Crippen molar-refractivity contribution in [1.29, 1.82) is 0 Å². The number of benzene rings is 2. The zero-order valence-corrected chi connectivity index (χ0v) is 13.5. The summed E-state index contributed by atoms with van der Waals surface area (Å²) in [6.07, 6.45) is -0.934. The van der Waals surface area contributed by atoms with E-state index in [2.05, 4.69) is 0 Å². The number of halogens is 2. The number of aliphatic hydroxyl groups excluding tert-OH is 1. The first kappa shape index (κ1) is 16.0. The van der Waals surface area contributed by atoms with E-state index in [1.54, 1.807) is 19.2 Å². The monoisotopic (exact) mass is 326 g/mol. The van der Waals surface area contributed by atoms with Gasteiger partial charge in [0.2, 0.25) is 0 Å². The molecule has 1 unspecified atom stereocenters. The van der Waals surface area contributed by atoms with Gasteiger partial charge in [0, 0.05) is 17.2 Å². The van der Waals surface area contributed by atoms with Gasteiger partial charge in [0.05, 0.1) is 24.3 Å². The molecule has 0 saturated heterocycles. The Kier molecular flexibility index (Phi) is 4.99. The number of aliphatic hydroxyl groups is 1. The summed E-state index contributed by atoms with van der Waals surface area (Å²) in [5, 5.41) is 11.4. The molecule has 5 heteroatoms. The molecule has 112 valence electrons. The van der Waals surface area contributed by atoms with E-state index in [-0.39, 0.29) is 0 Å². The molecule has 0 aliphatic carbocycles. The van der Waals surface area contributed by atoms with Crippen molar-refractivity contribution in [3.63, 3.8) is 0 Å². The van der Waals surface area contributed by atoms with Crippen molar-refractivity contribution >= 4 is 23.2 Å². The molecular formula is C16H16Cl2O3. The summed E-state index contributed by atoms with van der Waals surface area (Å²) in [6, 6.07) is 8.78. The second-order valence-corrected chi connectivity index (χ2v) is 5.47. The molecule has 0 amide bonds. The van der Waals surface area contributed by atoms with Gasteiger partial charge in [-0.3, -0.25) is 0 Å². The van der Waals surface area contributed by atoms with Crippen LogP contribution in [-0.2, 0) is 0 Å². The highest BCUT2D eigenvalue weighted by Gasteiger charge is 2.20. The first-order valence-corrected chi connectivity index (χ1v) is 7.09. The zero-order chi connectivity index (χ0) is 15.6. The Balaban J connectivity index is 2.52. The normalized spacial score (nSPS) is 12.1. The summed E-state index contributed by atoms with van der Waals surface area (Å²) in [6.45, 7) is 1.94. The molecule has 0 radical (unpaired) electrons. The lowest BCUT2D eigenvalue weighted by molar-refractivity contribution is 0.214. The molecule has 21 heavy (non-hydrogen) atoms. The van der Waals surface area contributed by atoms with E-state index in [0.717, 1.165) is 5.56 Å². The molecule has 1 N–H and O–H groups in total. The molecule has 2 rings (SSSR count). The summed E-state index contributed by atoms with van der Waals surface area (Å²) in [7, 11) is 3.07. The quantitative estimate of drug-likeness (QED) is 0.904. The Hall–Kier alpha value is -1.42. The summed E-state index contributed by atoms with van der Waals surface area (Å²) in [5.74, 6) is 1.06. The third-order valence-corrected chi connectivity index (χ3v) is 3.87. The lowest BCUT2D eigenvalue weighted by Crippen LogP contribution is -2.04. The molecule has 0 bridgehead atoms. The summed E-state index contributed by atoms with van der Waals surface area (Å²) in [5.41, 5.74) is 2.16. The number of methoxy groups -OCH3 is 2. The second kappa shape index (κ2) is 6.56. The number of aryl methyl sites for hydroxylation is 1. The number of rotatable bonds is 4. The smallest absolute Gasteiger partial charge is 0.138 e. The molecule has 0 heterocycles. The van der Waals surface area contributed by atoms with Crippen LogP contribution in [0, 0.1) is 6.92 Å². The predicted molar refractivity (Wildman–Crippen MR) is 84.8 cm³/mol. The lowest BCUT2D eigenvalue weighted by atomic mass is 9.98. The van der Waals surface area contributed by atoms with Gasteiger partial charge < -0.3 is 14.6 Å². The van der Waals surface area contributed by atoms with Gasteiger partial charge in [-0.1, -0.05) is 34.8 Å². The Morgan fingerprint density at radius 1 is 0.905 bits per heavy atom. The maximum atomic E-state index is 10.6. The Bertz CT molecular complexity index is 656. The van der Waals surface area contributed by atoms with Crippen molar-refractivity contribution < 1.29 is 14.6 Å². The van der Waals surface area contributed by atoms with Crippen LogP contribution in [0.25, 0.3) is 0 Å². The lowest BCUT2D eigenvalue weighted by Gasteiger charge is -2.18. The van der Waals surface area contributed by atoms with Crippen molar-refractivity contribution in [2.24, 2.45) is 0 Å². The molecule has 2 aromatic rings. The predicted octanol–water partition coefficient (Wildman–Crippen LogP) is 4.40. The van der Waals surface area contributed by atoms with Crippen molar-refractivity contribution in [1.82, 2.24) is 0 Å². The largest absolute Gasteiger partial charge is 0.496 e. The SMILES string of the molecule is COc1cc(Cl)c(C(O)c2cc(C)ccc2OC)cc1Cl. The van der Waals surface area contributed by atoms with Gasteiger partial charge in [-0.2, -0.15) is 0 Å². The fourth-order valence-electron chi connectivity index (χ4n) is 2.14. The average molecular weight is 327 g/mol. The number of hydrogen-bond donors (Lipinski definition) is 1. The fourth-order valence-corrected chi connectivity index (χ4v) is 2.65. The fraction of sp³-hybridized carbons (Fsp3) is 0.250. The van der Waals surface area contributed by atoms with Crippen LogP contribution in [-0.4, -0.2) is 19.3 Å². The first-order valence-electron chi connectivity index (χ1n) is 6.33. The van der Waals surface area contributed by atoms with Crippen molar-refractivity contribution in [3.8, 4) is 11.5 Å². The van der Waals surface area contributed by atoms with E-state index in [1.165, 1.54) is 7.11 Å². The average Bonchev–Trinajstić information content (AvgIpc) is 2.48. The molecule has 0 aromatic heterocycles. The van der Waals surface area contributed by atoms with E-state index in [9.17, 15) is 5.11 Å². The van der Waals surface area contributed by atoms with Gasteiger partial charge in [-0.15, -0.1) is 0 Å². The van der Waals surface area contributed by atoms with Crippen molar-refractivity contribution in [2.75, 3.05) is 14.2 Å². The van der Waals surface area contributed by atoms with Crippen LogP contribution in [0.1, 0.15) is 22.8 Å². The van der Waals surface area contributed by atoms with E-state index >= 15 is 0 Å². The summed E-state index contributed by atoms with van der Waals surface area (Å²) in [4.78, 5) is 0. The molecular weight excluding hydrogens is 311 g/mol. The Morgan fingerprint density at radius 2 is 1.57 bits per heavy atom. The third kappa shape index (κ3) is 3.26. The van der Waals surface area contributed by atoms with Crippen LogP contribution in [0.4, 0.5) is 0 Å². The van der Waals surface area contributed by atoms with Crippen molar-refractivity contribution in [3.05, 3.63) is 57.1 Å². The number of ether oxygens (including phenoxy) is 2.